The molecular formula is C15H22N4S. The van der Waals surface area contributed by atoms with Gasteiger partial charge < -0.3 is 5.32 Å². The van der Waals surface area contributed by atoms with Crippen molar-refractivity contribution in [3.63, 3.8) is 0 Å². The third-order valence-corrected chi connectivity index (χ3v) is 4.00. The van der Waals surface area contributed by atoms with Crippen molar-refractivity contribution in [1.29, 1.82) is 0 Å². The van der Waals surface area contributed by atoms with Crippen molar-refractivity contribution >= 4 is 11.3 Å². The van der Waals surface area contributed by atoms with Gasteiger partial charge in [0.15, 0.2) is 5.82 Å². The van der Waals surface area contributed by atoms with Crippen LogP contribution in [0, 0.1) is 13.8 Å². The van der Waals surface area contributed by atoms with E-state index in [1.807, 2.05) is 11.7 Å². The van der Waals surface area contributed by atoms with E-state index in [4.69, 9.17) is 0 Å². The average Bonchev–Trinajstić information content (AvgIpc) is 2.90. The van der Waals surface area contributed by atoms with Gasteiger partial charge in [0.05, 0.1) is 10.4 Å². The number of aryl methyl sites for hydroxylation is 2. The summed E-state index contributed by atoms with van der Waals surface area (Å²) in [5.41, 5.74) is 5.27. The zero-order valence-corrected chi connectivity index (χ0v) is 13.4. The molecule has 4 nitrogen and oxygen atoms in total. The van der Waals surface area contributed by atoms with Crippen LogP contribution in [-0.4, -0.2) is 27.5 Å². The van der Waals surface area contributed by atoms with Crippen LogP contribution in [0.5, 0.6) is 0 Å². The molecule has 0 unspecified atom stereocenters. The van der Waals surface area contributed by atoms with Gasteiger partial charge in [-0.05, 0) is 38.8 Å². The molecule has 20 heavy (non-hydrogen) atoms. The Hall–Kier alpha value is -1.33. The first-order valence-electron chi connectivity index (χ1n) is 7.04. The Morgan fingerprint density at radius 2 is 1.90 bits per heavy atom. The summed E-state index contributed by atoms with van der Waals surface area (Å²) in [7, 11) is 0. The molecule has 2 heterocycles. The third-order valence-electron chi connectivity index (χ3n) is 3.23. The second-order valence-corrected chi connectivity index (χ2v) is 6.16. The van der Waals surface area contributed by atoms with Gasteiger partial charge in [-0.15, -0.1) is 11.3 Å². The number of hydrogen-bond donors (Lipinski definition) is 1. The summed E-state index contributed by atoms with van der Waals surface area (Å²) in [4.78, 5) is 14.4. The lowest BCUT2D eigenvalue weighted by Gasteiger charge is -2.11. The molecule has 0 spiro atoms. The molecule has 2 aromatic heterocycles. The van der Waals surface area contributed by atoms with E-state index in [1.165, 1.54) is 5.56 Å². The van der Waals surface area contributed by atoms with Gasteiger partial charge >= 0.3 is 0 Å². The maximum absolute atomic E-state index is 4.63. The minimum Gasteiger partial charge on any atom is -0.315 e. The highest BCUT2D eigenvalue weighted by molar-refractivity contribution is 7.13. The van der Waals surface area contributed by atoms with Crippen LogP contribution in [0.15, 0.2) is 11.7 Å². The minimum absolute atomic E-state index is 0.544. The summed E-state index contributed by atoms with van der Waals surface area (Å²) in [6.45, 7) is 9.52. The van der Waals surface area contributed by atoms with Crippen LogP contribution in [0.1, 0.15) is 37.2 Å². The maximum atomic E-state index is 4.63. The van der Waals surface area contributed by atoms with Crippen LogP contribution in [-0.2, 0) is 6.42 Å². The molecule has 2 rings (SSSR count). The Morgan fingerprint density at radius 3 is 2.45 bits per heavy atom. The van der Waals surface area contributed by atoms with E-state index < -0.39 is 0 Å². The van der Waals surface area contributed by atoms with Crippen LogP contribution >= 0.6 is 11.3 Å². The van der Waals surface area contributed by atoms with Crippen LogP contribution in [0.4, 0.5) is 0 Å². The number of thiazole rings is 1. The summed E-state index contributed by atoms with van der Waals surface area (Å²) in [5, 5.41) is 3.44. The molecule has 108 valence electrons. The third kappa shape index (κ3) is 3.84. The van der Waals surface area contributed by atoms with Gasteiger partial charge in [-0.2, -0.15) is 0 Å². The zero-order valence-electron chi connectivity index (χ0n) is 12.6. The number of nitrogens with zero attached hydrogens (tertiary/aromatic N) is 3. The first kappa shape index (κ1) is 15.1. The number of aromatic nitrogens is 3. The molecule has 2 aromatic rings. The fourth-order valence-electron chi connectivity index (χ4n) is 2.19. The summed E-state index contributed by atoms with van der Waals surface area (Å²) < 4.78 is 0. The smallest absolute Gasteiger partial charge is 0.171 e. The summed E-state index contributed by atoms with van der Waals surface area (Å²) in [5.74, 6) is 0.798. The predicted molar refractivity (Wildman–Crippen MR) is 84.1 cm³/mol. The minimum atomic E-state index is 0.544. The van der Waals surface area contributed by atoms with Crippen molar-refractivity contribution < 1.29 is 0 Å². The Morgan fingerprint density at radius 1 is 1.20 bits per heavy atom. The highest BCUT2D eigenvalue weighted by Gasteiger charge is 2.10. The highest BCUT2D eigenvalue weighted by Crippen LogP contribution is 2.22. The van der Waals surface area contributed by atoms with E-state index in [0.717, 1.165) is 41.5 Å². The normalized spacial score (nSPS) is 11.2. The van der Waals surface area contributed by atoms with Gasteiger partial charge in [0.25, 0.3) is 0 Å². The largest absolute Gasteiger partial charge is 0.315 e. The van der Waals surface area contributed by atoms with Gasteiger partial charge in [0.1, 0.15) is 0 Å². The van der Waals surface area contributed by atoms with Crippen LogP contribution < -0.4 is 5.32 Å². The fourth-order valence-corrected chi connectivity index (χ4v) is 2.75. The molecular weight excluding hydrogens is 268 g/mol. The summed E-state index contributed by atoms with van der Waals surface area (Å²) in [6.07, 6.45) is 3.97. The van der Waals surface area contributed by atoms with Crippen molar-refractivity contribution in [2.75, 3.05) is 6.54 Å². The molecule has 0 aliphatic rings. The molecule has 0 saturated heterocycles. The molecule has 0 atom stereocenters. The number of rotatable bonds is 6. The fraction of sp³-hybridized carbons (Fsp3) is 0.533. The molecule has 0 amide bonds. The van der Waals surface area contributed by atoms with Gasteiger partial charge in [-0.1, -0.05) is 13.8 Å². The molecule has 1 N–H and O–H groups in total. The van der Waals surface area contributed by atoms with Crippen LogP contribution in [0.2, 0.25) is 0 Å². The Balaban J connectivity index is 2.07. The van der Waals surface area contributed by atoms with Gasteiger partial charge in [-0.3, -0.25) is 4.98 Å². The summed E-state index contributed by atoms with van der Waals surface area (Å²) in [6, 6.07) is 0.544. The lowest BCUT2D eigenvalue weighted by Crippen LogP contribution is -2.24. The molecule has 0 aliphatic carbocycles. The Labute approximate surface area is 124 Å². The van der Waals surface area contributed by atoms with Crippen molar-refractivity contribution in [2.24, 2.45) is 0 Å². The maximum Gasteiger partial charge on any atom is 0.171 e. The van der Waals surface area contributed by atoms with Crippen molar-refractivity contribution in [3.8, 4) is 10.7 Å². The van der Waals surface area contributed by atoms with Crippen molar-refractivity contribution in [2.45, 2.75) is 46.6 Å². The monoisotopic (exact) mass is 290 g/mol. The SMILES string of the molecule is Cc1nc(-c2cncs2)nc(C)c1CCCNC(C)C. The zero-order chi connectivity index (χ0) is 14.5. The van der Waals surface area contributed by atoms with E-state index in [9.17, 15) is 0 Å². The first-order chi connectivity index (χ1) is 9.58. The van der Waals surface area contributed by atoms with Crippen LogP contribution in [0.3, 0.4) is 0 Å². The van der Waals surface area contributed by atoms with Gasteiger partial charge in [0, 0.05) is 23.6 Å². The highest BCUT2D eigenvalue weighted by atomic mass is 32.1. The first-order valence-corrected chi connectivity index (χ1v) is 7.92. The van der Waals surface area contributed by atoms with Crippen molar-refractivity contribution in [1.82, 2.24) is 20.3 Å². The van der Waals surface area contributed by atoms with E-state index >= 15 is 0 Å². The lowest BCUT2D eigenvalue weighted by atomic mass is 10.1. The second kappa shape index (κ2) is 6.90. The number of nitrogens with one attached hydrogen (secondary N) is 1. The van der Waals surface area contributed by atoms with E-state index in [2.05, 4.69) is 48.0 Å². The quantitative estimate of drug-likeness (QED) is 0.830. The molecule has 0 saturated carbocycles. The predicted octanol–water partition coefficient (Wildman–Crippen LogP) is 3.15. The van der Waals surface area contributed by atoms with Crippen molar-refractivity contribution in [3.05, 3.63) is 28.7 Å². The average molecular weight is 290 g/mol. The Kier molecular flexibility index (Phi) is 5.20. The number of hydrogen-bond acceptors (Lipinski definition) is 5. The Bertz CT molecular complexity index is 526. The molecule has 0 aliphatic heterocycles. The van der Waals surface area contributed by atoms with E-state index in [0.29, 0.717) is 6.04 Å². The van der Waals surface area contributed by atoms with Gasteiger partial charge in [-0.25, -0.2) is 9.97 Å². The molecule has 0 fully saturated rings. The lowest BCUT2D eigenvalue weighted by molar-refractivity contribution is 0.569. The molecule has 0 bridgehead atoms. The second-order valence-electron chi connectivity index (χ2n) is 5.27. The van der Waals surface area contributed by atoms with Crippen LogP contribution in [0.25, 0.3) is 10.7 Å². The van der Waals surface area contributed by atoms with E-state index in [1.54, 1.807) is 11.3 Å². The molecule has 0 aromatic carbocycles. The standard InChI is InChI=1S/C15H22N4S/c1-10(2)17-7-5-6-13-11(3)18-15(19-12(13)4)14-8-16-9-20-14/h8-10,17H,5-7H2,1-4H3. The molecule has 5 heteroatoms. The van der Waals surface area contributed by atoms with Gasteiger partial charge in [0.2, 0.25) is 0 Å². The summed E-state index contributed by atoms with van der Waals surface area (Å²) >= 11 is 1.58. The topological polar surface area (TPSA) is 50.7 Å². The van der Waals surface area contributed by atoms with E-state index in [-0.39, 0.29) is 0 Å². The molecule has 0 radical (unpaired) electrons.